The lowest BCUT2D eigenvalue weighted by atomic mass is 10.1. The fraction of sp³-hybridized carbons (Fsp3) is 0.467. The summed E-state index contributed by atoms with van der Waals surface area (Å²) >= 11 is 1.74. The van der Waals surface area contributed by atoms with Crippen molar-refractivity contribution in [3.63, 3.8) is 0 Å². The summed E-state index contributed by atoms with van der Waals surface area (Å²) in [4.78, 5) is 5.77. The molecule has 1 aromatic heterocycles. The van der Waals surface area contributed by atoms with Gasteiger partial charge in [0.2, 0.25) is 5.89 Å². The molecular weight excluding hydrogens is 270 g/mol. The summed E-state index contributed by atoms with van der Waals surface area (Å²) in [6, 6.07) is 8.50. The third-order valence-corrected chi connectivity index (χ3v) is 4.99. The Bertz CT molecular complexity index is 584. The van der Waals surface area contributed by atoms with E-state index in [9.17, 15) is 0 Å². The Kier molecular flexibility index (Phi) is 4.08. The lowest BCUT2D eigenvalue weighted by Crippen LogP contribution is -2.22. The third-order valence-electron chi connectivity index (χ3n) is 3.82. The zero-order chi connectivity index (χ0) is 13.9. The average Bonchev–Trinajstić information content (AvgIpc) is 3.06. The monoisotopic (exact) mass is 289 g/mol. The number of benzene rings is 1. The van der Waals surface area contributed by atoms with E-state index in [0.717, 1.165) is 36.7 Å². The molecule has 106 valence electrons. The van der Waals surface area contributed by atoms with E-state index < -0.39 is 0 Å². The first-order valence-electron chi connectivity index (χ1n) is 7.00. The van der Waals surface area contributed by atoms with E-state index in [0.29, 0.717) is 0 Å². The van der Waals surface area contributed by atoms with E-state index in [1.807, 2.05) is 6.07 Å². The fourth-order valence-electron chi connectivity index (χ4n) is 2.63. The van der Waals surface area contributed by atoms with Crippen LogP contribution >= 0.6 is 11.8 Å². The predicted molar refractivity (Wildman–Crippen MR) is 79.6 cm³/mol. The number of aryl methyl sites for hydroxylation is 1. The summed E-state index contributed by atoms with van der Waals surface area (Å²) in [5, 5.41) is 4.08. The van der Waals surface area contributed by atoms with Crippen LogP contribution in [0.25, 0.3) is 0 Å². The number of rotatable bonds is 4. The summed E-state index contributed by atoms with van der Waals surface area (Å²) in [7, 11) is 0. The van der Waals surface area contributed by atoms with Gasteiger partial charge in [0, 0.05) is 10.9 Å². The quantitative estimate of drug-likeness (QED) is 0.875. The molecule has 0 aliphatic heterocycles. The molecule has 2 N–H and O–H groups in total. The molecule has 2 atom stereocenters. The minimum atomic E-state index is 0.173. The number of hydrogen-bond acceptors (Lipinski definition) is 5. The summed E-state index contributed by atoms with van der Waals surface area (Å²) in [6.45, 7) is 2.11. The smallest absolute Gasteiger partial charge is 0.231 e. The van der Waals surface area contributed by atoms with Crippen molar-refractivity contribution in [3.05, 3.63) is 41.5 Å². The number of nitrogens with zero attached hydrogens (tertiary/aromatic N) is 2. The van der Waals surface area contributed by atoms with E-state index in [2.05, 4.69) is 35.3 Å². The van der Waals surface area contributed by atoms with E-state index >= 15 is 0 Å². The summed E-state index contributed by atoms with van der Waals surface area (Å²) in [5.74, 6) is 2.46. The number of thioether (sulfide) groups is 1. The molecule has 1 aromatic carbocycles. The van der Waals surface area contributed by atoms with Crippen molar-refractivity contribution in [1.29, 1.82) is 0 Å². The van der Waals surface area contributed by atoms with Crippen LogP contribution in [0.2, 0.25) is 0 Å². The zero-order valence-corrected chi connectivity index (χ0v) is 12.4. The van der Waals surface area contributed by atoms with Crippen molar-refractivity contribution in [3.8, 4) is 0 Å². The second-order valence-electron chi connectivity index (χ2n) is 5.30. The van der Waals surface area contributed by atoms with E-state index in [1.165, 1.54) is 10.5 Å². The Labute approximate surface area is 123 Å². The van der Waals surface area contributed by atoms with Crippen molar-refractivity contribution >= 4 is 11.8 Å². The van der Waals surface area contributed by atoms with Gasteiger partial charge in [-0.05, 0) is 31.4 Å². The Morgan fingerprint density at radius 1 is 1.35 bits per heavy atom. The zero-order valence-electron chi connectivity index (χ0n) is 11.6. The number of hydrogen-bond donors (Lipinski definition) is 1. The maximum absolute atomic E-state index is 6.07. The van der Waals surface area contributed by atoms with Gasteiger partial charge < -0.3 is 10.3 Å². The highest BCUT2D eigenvalue weighted by Crippen LogP contribution is 2.33. The molecule has 0 spiro atoms. The van der Waals surface area contributed by atoms with Crippen LogP contribution in [0.1, 0.15) is 42.5 Å². The van der Waals surface area contributed by atoms with Crippen LogP contribution in [0.4, 0.5) is 0 Å². The van der Waals surface area contributed by atoms with Gasteiger partial charge in [0.15, 0.2) is 5.82 Å². The van der Waals surface area contributed by atoms with Crippen LogP contribution < -0.4 is 5.73 Å². The summed E-state index contributed by atoms with van der Waals surface area (Å²) < 4.78 is 5.38. The molecule has 4 nitrogen and oxygen atoms in total. The molecule has 20 heavy (non-hydrogen) atoms. The Balaban J connectivity index is 1.64. The van der Waals surface area contributed by atoms with E-state index in [-0.39, 0.29) is 12.0 Å². The molecule has 2 unspecified atom stereocenters. The van der Waals surface area contributed by atoms with Crippen LogP contribution in [-0.4, -0.2) is 16.2 Å². The molecule has 3 rings (SSSR count). The lowest BCUT2D eigenvalue weighted by Gasteiger charge is -2.08. The summed E-state index contributed by atoms with van der Waals surface area (Å²) in [5.41, 5.74) is 7.35. The first-order chi connectivity index (χ1) is 9.74. The minimum Gasteiger partial charge on any atom is -0.339 e. The number of nitrogens with two attached hydrogens (primary N) is 1. The highest BCUT2D eigenvalue weighted by atomic mass is 32.2. The topological polar surface area (TPSA) is 64.9 Å². The molecule has 1 saturated carbocycles. The van der Waals surface area contributed by atoms with Gasteiger partial charge in [-0.1, -0.05) is 29.8 Å². The van der Waals surface area contributed by atoms with Crippen molar-refractivity contribution in [1.82, 2.24) is 10.1 Å². The molecule has 1 aliphatic carbocycles. The minimum absolute atomic E-state index is 0.173. The third kappa shape index (κ3) is 2.88. The SMILES string of the molecule is Cc1ccccc1SCc1noc(C2CCCC2N)n1. The van der Waals surface area contributed by atoms with Crippen molar-refractivity contribution in [2.75, 3.05) is 0 Å². The van der Waals surface area contributed by atoms with Crippen LogP contribution in [-0.2, 0) is 5.75 Å². The molecule has 2 aromatic rings. The second kappa shape index (κ2) is 5.97. The Morgan fingerprint density at radius 3 is 2.95 bits per heavy atom. The molecule has 1 heterocycles. The molecule has 0 bridgehead atoms. The van der Waals surface area contributed by atoms with Gasteiger partial charge >= 0.3 is 0 Å². The molecule has 0 saturated heterocycles. The van der Waals surface area contributed by atoms with Gasteiger partial charge in [0.05, 0.1) is 11.7 Å². The van der Waals surface area contributed by atoms with Crippen LogP contribution in [0.5, 0.6) is 0 Å². The predicted octanol–water partition coefficient (Wildman–Crippen LogP) is 3.27. The highest BCUT2D eigenvalue weighted by Gasteiger charge is 2.30. The largest absolute Gasteiger partial charge is 0.339 e. The lowest BCUT2D eigenvalue weighted by molar-refractivity contribution is 0.342. The first kappa shape index (κ1) is 13.6. The average molecular weight is 289 g/mol. The highest BCUT2D eigenvalue weighted by molar-refractivity contribution is 7.98. The Hall–Kier alpha value is -1.33. The van der Waals surface area contributed by atoms with Gasteiger partial charge in [-0.2, -0.15) is 4.98 Å². The van der Waals surface area contributed by atoms with E-state index in [1.54, 1.807) is 11.8 Å². The van der Waals surface area contributed by atoms with Crippen LogP contribution in [0.15, 0.2) is 33.7 Å². The van der Waals surface area contributed by atoms with Crippen LogP contribution in [0, 0.1) is 6.92 Å². The molecule has 1 aliphatic rings. The van der Waals surface area contributed by atoms with Gasteiger partial charge in [-0.25, -0.2) is 0 Å². The molecule has 5 heteroatoms. The molecule has 1 fully saturated rings. The van der Waals surface area contributed by atoms with Crippen molar-refractivity contribution in [2.45, 2.75) is 48.8 Å². The maximum atomic E-state index is 6.07. The van der Waals surface area contributed by atoms with Gasteiger partial charge in [-0.15, -0.1) is 11.8 Å². The van der Waals surface area contributed by atoms with Crippen molar-refractivity contribution in [2.24, 2.45) is 5.73 Å². The standard InChI is InChI=1S/C15H19N3OS/c1-10-5-2-3-8-13(10)20-9-14-17-15(19-18-14)11-6-4-7-12(11)16/h2-3,5,8,11-12H,4,6-7,9,16H2,1H3. The molecule has 0 radical (unpaired) electrons. The van der Waals surface area contributed by atoms with Gasteiger partial charge in [0.25, 0.3) is 0 Å². The number of aromatic nitrogens is 2. The maximum Gasteiger partial charge on any atom is 0.231 e. The van der Waals surface area contributed by atoms with Gasteiger partial charge in [0.1, 0.15) is 0 Å². The summed E-state index contributed by atoms with van der Waals surface area (Å²) in [6.07, 6.45) is 3.27. The fourth-order valence-corrected chi connectivity index (χ4v) is 3.51. The normalized spacial score (nSPS) is 22.3. The van der Waals surface area contributed by atoms with Gasteiger partial charge in [-0.3, -0.25) is 0 Å². The van der Waals surface area contributed by atoms with E-state index in [4.69, 9.17) is 10.3 Å². The Morgan fingerprint density at radius 2 is 2.20 bits per heavy atom. The van der Waals surface area contributed by atoms with Crippen molar-refractivity contribution < 1.29 is 4.52 Å². The first-order valence-corrected chi connectivity index (χ1v) is 7.99. The molecule has 0 amide bonds. The second-order valence-corrected chi connectivity index (χ2v) is 6.32. The molecular formula is C15H19N3OS. The van der Waals surface area contributed by atoms with Crippen LogP contribution in [0.3, 0.4) is 0 Å².